The molecule has 1 aliphatic rings. The third-order valence-corrected chi connectivity index (χ3v) is 3.64. The fraction of sp³-hybridized carbons (Fsp3) is 0.538. The third-order valence-electron chi connectivity index (χ3n) is 3.64. The van der Waals surface area contributed by atoms with Gasteiger partial charge in [0.1, 0.15) is 5.82 Å². The number of likely N-dealkylation sites (N-methyl/N-ethyl adjacent to an activating group) is 1. The van der Waals surface area contributed by atoms with Gasteiger partial charge in [-0.3, -0.25) is 15.0 Å². The van der Waals surface area contributed by atoms with E-state index in [1.165, 1.54) is 25.0 Å². The summed E-state index contributed by atoms with van der Waals surface area (Å²) in [6.45, 7) is 0.970. The van der Waals surface area contributed by atoms with Crippen LogP contribution in [0.3, 0.4) is 0 Å². The second-order valence-corrected chi connectivity index (χ2v) is 5.09. The van der Waals surface area contributed by atoms with E-state index in [0.29, 0.717) is 24.6 Å². The Hall–Kier alpha value is -1.24. The summed E-state index contributed by atoms with van der Waals surface area (Å²) in [5, 5.41) is 10.6. The van der Waals surface area contributed by atoms with Gasteiger partial charge in [-0.1, -0.05) is 0 Å². The molecule has 1 saturated carbocycles. The Morgan fingerprint density at radius 2 is 2.20 bits per heavy atom. The fourth-order valence-corrected chi connectivity index (χ4v) is 2.38. The highest BCUT2D eigenvalue weighted by molar-refractivity contribution is 5.85. The number of benzene rings is 1. The van der Waals surface area contributed by atoms with Crippen molar-refractivity contribution < 1.29 is 9.31 Å². The molecule has 1 aliphatic carbocycles. The van der Waals surface area contributed by atoms with Crippen LogP contribution in [0.25, 0.3) is 0 Å². The van der Waals surface area contributed by atoms with E-state index in [9.17, 15) is 14.5 Å². The lowest BCUT2D eigenvalue weighted by Crippen LogP contribution is -2.39. The quantitative estimate of drug-likeness (QED) is 0.646. The van der Waals surface area contributed by atoms with Crippen molar-refractivity contribution in [2.24, 2.45) is 11.7 Å². The number of nitrogens with zero attached hydrogens (tertiary/aromatic N) is 2. The van der Waals surface area contributed by atoms with Gasteiger partial charge in [0.2, 0.25) is 0 Å². The van der Waals surface area contributed by atoms with Gasteiger partial charge in [0, 0.05) is 30.8 Å². The zero-order valence-corrected chi connectivity index (χ0v) is 12.1. The first-order valence-corrected chi connectivity index (χ1v) is 6.36. The van der Waals surface area contributed by atoms with Crippen molar-refractivity contribution in [1.29, 1.82) is 0 Å². The zero-order chi connectivity index (χ0) is 14.0. The maximum Gasteiger partial charge on any atom is 0.272 e. The summed E-state index contributed by atoms with van der Waals surface area (Å²) in [4.78, 5) is 12.0. The number of halogens is 2. The fourth-order valence-electron chi connectivity index (χ4n) is 2.38. The first-order chi connectivity index (χ1) is 9.02. The molecule has 5 nitrogen and oxygen atoms in total. The van der Waals surface area contributed by atoms with Gasteiger partial charge in [0.15, 0.2) is 0 Å². The van der Waals surface area contributed by atoms with Crippen LogP contribution < -0.4 is 5.73 Å². The molecule has 0 heterocycles. The van der Waals surface area contributed by atoms with Crippen molar-refractivity contribution in [3.8, 4) is 0 Å². The number of rotatable bonds is 6. The molecule has 0 bridgehead atoms. The molecular weight excluding hydrogens is 285 g/mol. The largest absolute Gasteiger partial charge is 0.329 e. The van der Waals surface area contributed by atoms with E-state index in [0.717, 1.165) is 6.07 Å². The maximum absolute atomic E-state index is 13.8. The molecule has 0 radical (unpaired) electrons. The first kappa shape index (κ1) is 16.8. The predicted molar refractivity (Wildman–Crippen MR) is 77.3 cm³/mol. The molecule has 0 spiro atoms. The number of hydrogen-bond acceptors (Lipinski definition) is 4. The van der Waals surface area contributed by atoms with Crippen LogP contribution in [0.2, 0.25) is 0 Å². The number of hydrogen-bond donors (Lipinski definition) is 1. The van der Waals surface area contributed by atoms with E-state index in [4.69, 9.17) is 5.73 Å². The molecule has 2 rings (SSSR count). The van der Waals surface area contributed by atoms with Gasteiger partial charge in [-0.05, 0) is 31.9 Å². The van der Waals surface area contributed by atoms with Crippen LogP contribution in [0.5, 0.6) is 0 Å². The molecular formula is C13H19ClFN3O2. The van der Waals surface area contributed by atoms with Crippen LogP contribution >= 0.6 is 12.4 Å². The molecule has 0 aromatic heterocycles. The Labute approximate surface area is 123 Å². The average molecular weight is 304 g/mol. The Kier molecular flexibility index (Phi) is 5.86. The molecule has 20 heavy (non-hydrogen) atoms. The Morgan fingerprint density at radius 3 is 2.65 bits per heavy atom. The molecule has 2 N–H and O–H groups in total. The molecule has 0 amide bonds. The molecule has 1 aromatic rings. The lowest BCUT2D eigenvalue weighted by Gasteiger charge is -2.27. The lowest BCUT2D eigenvalue weighted by molar-refractivity contribution is -0.385. The van der Waals surface area contributed by atoms with Crippen LogP contribution in [0.1, 0.15) is 18.4 Å². The summed E-state index contributed by atoms with van der Waals surface area (Å²) in [7, 11) is 1.91. The summed E-state index contributed by atoms with van der Waals surface area (Å²) in [6.07, 6.45) is 2.35. The summed E-state index contributed by atoms with van der Waals surface area (Å²) in [6, 6.07) is 4.04. The van der Waals surface area contributed by atoms with Crippen molar-refractivity contribution in [2.45, 2.75) is 25.4 Å². The predicted octanol–water partition coefficient (Wildman–Crippen LogP) is 2.32. The Bertz CT molecular complexity index is 483. The average Bonchev–Trinajstić information content (AvgIpc) is 3.17. The van der Waals surface area contributed by atoms with Gasteiger partial charge in [-0.25, -0.2) is 4.39 Å². The Balaban J connectivity index is 0.00000200. The van der Waals surface area contributed by atoms with Crippen LogP contribution in [0.15, 0.2) is 18.2 Å². The van der Waals surface area contributed by atoms with E-state index in [1.807, 2.05) is 11.9 Å². The van der Waals surface area contributed by atoms with E-state index >= 15 is 0 Å². The van der Waals surface area contributed by atoms with Crippen LogP contribution in [-0.4, -0.2) is 29.5 Å². The minimum Gasteiger partial charge on any atom is -0.329 e. The molecule has 0 aliphatic heterocycles. The monoisotopic (exact) mass is 303 g/mol. The van der Waals surface area contributed by atoms with Crippen LogP contribution in [-0.2, 0) is 6.54 Å². The standard InChI is InChI=1S/C13H18FN3O2.ClH/c1-16(13(7-15)9-2-3-9)8-10-4-5-11(17(18)19)6-12(10)14;/h4-6,9,13H,2-3,7-8,15H2,1H3;1H. The molecule has 0 saturated heterocycles. The number of nitro benzene ring substituents is 1. The first-order valence-electron chi connectivity index (χ1n) is 6.36. The van der Waals surface area contributed by atoms with Gasteiger partial charge in [0.25, 0.3) is 5.69 Å². The molecule has 1 unspecified atom stereocenters. The third kappa shape index (κ3) is 3.88. The number of non-ortho nitro benzene ring substituents is 1. The van der Waals surface area contributed by atoms with Gasteiger partial charge >= 0.3 is 0 Å². The van der Waals surface area contributed by atoms with Gasteiger partial charge in [-0.15, -0.1) is 12.4 Å². The highest BCUT2D eigenvalue weighted by atomic mass is 35.5. The maximum atomic E-state index is 13.8. The van der Waals surface area contributed by atoms with Crippen molar-refractivity contribution in [3.05, 3.63) is 39.7 Å². The topological polar surface area (TPSA) is 72.4 Å². The van der Waals surface area contributed by atoms with Gasteiger partial charge in [-0.2, -0.15) is 0 Å². The highest BCUT2D eigenvalue weighted by Crippen LogP contribution is 2.35. The Morgan fingerprint density at radius 1 is 1.55 bits per heavy atom. The molecule has 1 aromatic carbocycles. The van der Waals surface area contributed by atoms with Crippen LogP contribution in [0, 0.1) is 21.8 Å². The van der Waals surface area contributed by atoms with Gasteiger partial charge in [0.05, 0.1) is 11.0 Å². The van der Waals surface area contributed by atoms with E-state index < -0.39 is 10.7 Å². The summed E-state index contributed by atoms with van der Waals surface area (Å²) in [5.41, 5.74) is 5.99. The summed E-state index contributed by atoms with van der Waals surface area (Å²) < 4.78 is 13.8. The highest BCUT2D eigenvalue weighted by Gasteiger charge is 2.33. The minimum atomic E-state index is -0.594. The number of nitrogens with two attached hydrogens (primary N) is 1. The normalized spacial score (nSPS) is 15.8. The lowest BCUT2D eigenvalue weighted by atomic mass is 10.1. The van der Waals surface area contributed by atoms with Crippen molar-refractivity contribution in [3.63, 3.8) is 0 Å². The summed E-state index contributed by atoms with van der Waals surface area (Å²) in [5.74, 6) is 0.0729. The molecule has 112 valence electrons. The van der Waals surface area contributed by atoms with Crippen molar-refractivity contribution in [2.75, 3.05) is 13.6 Å². The van der Waals surface area contributed by atoms with Gasteiger partial charge < -0.3 is 5.73 Å². The smallest absolute Gasteiger partial charge is 0.272 e. The number of nitro groups is 1. The zero-order valence-electron chi connectivity index (χ0n) is 11.3. The second-order valence-electron chi connectivity index (χ2n) is 5.09. The second kappa shape index (κ2) is 6.97. The van der Waals surface area contributed by atoms with E-state index in [-0.39, 0.29) is 24.1 Å². The summed E-state index contributed by atoms with van der Waals surface area (Å²) >= 11 is 0. The van der Waals surface area contributed by atoms with Crippen molar-refractivity contribution >= 4 is 18.1 Å². The minimum absolute atomic E-state index is 0. The van der Waals surface area contributed by atoms with E-state index in [2.05, 4.69) is 0 Å². The SMILES string of the molecule is CN(Cc1ccc([N+](=O)[O-])cc1F)C(CN)C1CC1.Cl. The molecule has 1 atom stereocenters. The molecule has 1 fully saturated rings. The molecule has 7 heteroatoms. The van der Waals surface area contributed by atoms with Crippen molar-refractivity contribution in [1.82, 2.24) is 4.90 Å². The van der Waals surface area contributed by atoms with Crippen LogP contribution in [0.4, 0.5) is 10.1 Å². The van der Waals surface area contributed by atoms with E-state index in [1.54, 1.807) is 0 Å².